The molecule has 0 fully saturated rings. The van der Waals surface area contributed by atoms with E-state index < -0.39 is 0 Å². The molecule has 0 radical (unpaired) electrons. The van der Waals surface area contributed by atoms with E-state index in [0.29, 0.717) is 6.54 Å². The topological polar surface area (TPSA) is 41.6 Å². The third-order valence-corrected chi connectivity index (χ3v) is 4.54. The van der Waals surface area contributed by atoms with Gasteiger partial charge in [-0.2, -0.15) is 0 Å². The predicted molar refractivity (Wildman–Crippen MR) is 96.4 cm³/mol. The van der Waals surface area contributed by atoms with E-state index in [1.165, 1.54) is 11.1 Å². The Balaban J connectivity index is 1.71. The maximum atomic E-state index is 12.8. The van der Waals surface area contributed by atoms with E-state index in [2.05, 4.69) is 23.5 Å². The number of ether oxygens (including phenoxy) is 1. The molecule has 3 rings (SSSR count). The maximum absolute atomic E-state index is 12.8. The molecule has 24 heavy (non-hydrogen) atoms. The van der Waals surface area contributed by atoms with Gasteiger partial charge in [0.05, 0.1) is 12.8 Å². The van der Waals surface area contributed by atoms with Crippen LogP contribution in [0.25, 0.3) is 0 Å². The van der Waals surface area contributed by atoms with Gasteiger partial charge in [0.15, 0.2) is 0 Å². The quantitative estimate of drug-likeness (QED) is 0.937. The SMILES string of the molecule is COc1ccc(C)cc1N[C@H](C)C(=O)N1CCc2ccccc2C1. The highest BCUT2D eigenvalue weighted by atomic mass is 16.5. The first kappa shape index (κ1) is 16.4. The summed E-state index contributed by atoms with van der Waals surface area (Å²) in [5.41, 5.74) is 4.58. The molecule has 1 aliphatic rings. The van der Waals surface area contributed by atoms with E-state index in [9.17, 15) is 4.79 Å². The van der Waals surface area contributed by atoms with Crippen LogP contribution in [-0.4, -0.2) is 30.5 Å². The van der Waals surface area contributed by atoms with Gasteiger partial charge in [-0.25, -0.2) is 0 Å². The highest BCUT2D eigenvalue weighted by molar-refractivity contribution is 5.85. The molecule has 0 saturated heterocycles. The Morgan fingerprint density at radius 2 is 1.96 bits per heavy atom. The molecule has 0 bridgehead atoms. The lowest BCUT2D eigenvalue weighted by molar-refractivity contribution is -0.132. The number of amides is 1. The second kappa shape index (κ2) is 6.95. The molecule has 0 spiro atoms. The number of fused-ring (bicyclic) bond motifs is 1. The maximum Gasteiger partial charge on any atom is 0.245 e. The average Bonchev–Trinajstić information content (AvgIpc) is 2.61. The third-order valence-electron chi connectivity index (χ3n) is 4.54. The summed E-state index contributed by atoms with van der Waals surface area (Å²) in [5, 5.41) is 3.31. The minimum Gasteiger partial charge on any atom is -0.495 e. The van der Waals surface area contributed by atoms with Gasteiger partial charge in [0, 0.05) is 13.1 Å². The van der Waals surface area contributed by atoms with Crippen LogP contribution in [0.3, 0.4) is 0 Å². The first-order valence-corrected chi connectivity index (χ1v) is 8.35. The Hall–Kier alpha value is -2.49. The first-order valence-electron chi connectivity index (χ1n) is 8.35. The molecule has 0 saturated carbocycles. The van der Waals surface area contributed by atoms with Gasteiger partial charge >= 0.3 is 0 Å². The van der Waals surface area contributed by atoms with Crippen LogP contribution in [0.1, 0.15) is 23.6 Å². The van der Waals surface area contributed by atoms with Gasteiger partial charge in [0.1, 0.15) is 11.8 Å². The van der Waals surface area contributed by atoms with Gasteiger partial charge in [-0.3, -0.25) is 4.79 Å². The number of hydrogen-bond donors (Lipinski definition) is 1. The van der Waals surface area contributed by atoms with Gasteiger partial charge in [-0.15, -0.1) is 0 Å². The van der Waals surface area contributed by atoms with Gasteiger partial charge in [-0.1, -0.05) is 30.3 Å². The zero-order valence-corrected chi connectivity index (χ0v) is 14.5. The Morgan fingerprint density at radius 3 is 2.71 bits per heavy atom. The lowest BCUT2D eigenvalue weighted by Crippen LogP contribution is -2.43. The van der Waals surface area contributed by atoms with Crippen molar-refractivity contribution in [2.24, 2.45) is 0 Å². The summed E-state index contributed by atoms with van der Waals surface area (Å²) in [6.45, 7) is 5.39. The highest BCUT2D eigenvalue weighted by Gasteiger charge is 2.25. The second-order valence-electron chi connectivity index (χ2n) is 6.35. The molecular formula is C20H24N2O2. The van der Waals surface area contributed by atoms with Crippen molar-refractivity contribution >= 4 is 11.6 Å². The van der Waals surface area contributed by atoms with Crippen LogP contribution in [0, 0.1) is 6.92 Å². The van der Waals surface area contributed by atoms with Crippen LogP contribution in [0.15, 0.2) is 42.5 Å². The van der Waals surface area contributed by atoms with Crippen LogP contribution in [-0.2, 0) is 17.8 Å². The monoisotopic (exact) mass is 324 g/mol. The minimum atomic E-state index is -0.300. The number of carbonyl (C=O) groups is 1. The second-order valence-corrected chi connectivity index (χ2v) is 6.35. The molecule has 0 unspecified atom stereocenters. The molecule has 4 nitrogen and oxygen atoms in total. The number of methoxy groups -OCH3 is 1. The fourth-order valence-corrected chi connectivity index (χ4v) is 3.19. The van der Waals surface area contributed by atoms with Crippen LogP contribution in [0.5, 0.6) is 5.75 Å². The number of carbonyl (C=O) groups excluding carboxylic acids is 1. The van der Waals surface area contributed by atoms with E-state index in [1.54, 1.807) is 7.11 Å². The lowest BCUT2D eigenvalue weighted by atomic mass is 9.99. The minimum absolute atomic E-state index is 0.119. The number of anilines is 1. The predicted octanol–water partition coefficient (Wildman–Crippen LogP) is 3.39. The van der Waals surface area contributed by atoms with Gasteiger partial charge < -0.3 is 15.0 Å². The molecule has 2 aromatic carbocycles. The van der Waals surface area contributed by atoms with Crippen molar-refractivity contribution in [2.75, 3.05) is 19.0 Å². The third kappa shape index (κ3) is 3.37. The zero-order valence-electron chi connectivity index (χ0n) is 14.5. The summed E-state index contributed by atoms with van der Waals surface area (Å²) < 4.78 is 5.39. The Kier molecular flexibility index (Phi) is 4.74. The van der Waals surface area contributed by atoms with Gasteiger partial charge in [-0.05, 0) is 49.1 Å². The summed E-state index contributed by atoms with van der Waals surface area (Å²) in [6.07, 6.45) is 0.919. The normalized spacial score (nSPS) is 14.7. The summed E-state index contributed by atoms with van der Waals surface area (Å²) >= 11 is 0. The molecule has 4 heteroatoms. The van der Waals surface area contributed by atoms with Crippen LogP contribution < -0.4 is 10.1 Å². The number of nitrogens with one attached hydrogen (secondary N) is 1. The molecule has 1 amide bonds. The van der Waals surface area contributed by atoms with Crippen molar-refractivity contribution in [1.29, 1.82) is 0 Å². The van der Waals surface area contributed by atoms with Crippen molar-refractivity contribution in [1.82, 2.24) is 4.90 Å². The molecule has 0 aromatic heterocycles. The fraction of sp³-hybridized carbons (Fsp3) is 0.350. The lowest BCUT2D eigenvalue weighted by Gasteiger charge is -2.31. The Labute approximate surface area is 143 Å². The van der Waals surface area contributed by atoms with E-state index in [-0.39, 0.29) is 11.9 Å². The van der Waals surface area contributed by atoms with Crippen LogP contribution in [0.4, 0.5) is 5.69 Å². The van der Waals surface area contributed by atoms with E-state index in [4.69, 9.17) is 4.74 Å². The number of nitrogens with zero attached hydrogens (tertiary/aromatic N) is 1. The highest BCUT2D eigenvalue weighted by Crippen LogP contribution is 2.26. The molecular weight excluding hydrogens is 300 g/mol. The molecule has 2 aromatic rings. The number of rotatable bonds is 4. The Bertz CT molecular complexity index is 742. The average molecular weight is 324 g/mol. The van der Waals surface area contributed by atoms with Crippen LogP contribution in [0.2, 0.25) is 0 Å². The molecule has 0 aliphatic carbocycles. The van der Waals surface area contributed by atoms with E-state index in [1.807, 2.05) is 43.0 Å². The number of benzene rings is 2. The molecule has 126 valence electrons. The summed E-state index contributed by atoms with van der Waals surface area (Å²) in [7, 11) is 1.64. The molecule has 1 aliphatic heterocycles. The number of hydrogen-bond acceptors (Lipinski definition) is 3. The summed E-state index contributed by atoms with van der Waals surface area (Å²) in [5.74, 6) is 0.873. The van der Waals surface area contributed by atoms with E-state index in [0.717, 1.165) is 30.0 Å². The van der Waals surface area contributed by atoms with E-state index >= 15 is 0 Å². The Morgan fingerprint density at radius 1 is 1.21 bits per heavy atom. The number of aryl methyl sites for hydroxylation is 1. The molecule has 1 N–H and O–H groups in total. The van der Waals surface area contributed by atoms with Crippen molar-refractivity contribution in [3.63, 3.8) is 0 Å². The standard InChI is InChI=1S/C20H24N2O2/c1-14-8-9-19(24-3)18(12-14)21-15(2)20(23)22-11-10-16-6-4-5-7-17(16)13-22/h4-9,12,15,21H,10-11,13H2,1-3H3/t15-/m1/s1. The van der Waals surface area contributed by atoms with Crippen molar-refractivity contribution < 1.29 is 9.53 Å². The largest absolute Gasteiger partial charge is 0.495 e. The summed E-state index contributed by atoms with van der Waals surface area (Å²) in [6, 6.07) is 14.0. The van der Waals surface area contributed by atoms with Crippen LogP contribution >= 0.6 is 0 Å². The van der Waals surface area contributed by atoms with Crippen molar-refractivity contribution in [3.8, 4) is 5.75 Å². The van der Waals surface area contributed by atoms with Crippen molar-refractivity contribution in [3.05, 3.63) is 59.2 Å². The fourth-order valence-electron chi connectivity index (χ4n) is 3.19. The molecule has 1 heterocycles. The van der Waals surface area contributed by atoms with Gasteiger partial charge in [0.2, 0.25) is 5.91 Å². The summed E-state index contributed by atoms with van der Waals surface area (Å²) in [4.78, 5) is 14.8. The van der Waals surface area contributed by atoms with Crippen molar-refractivity contribution in [2.45, 2.75) is 32.9 Å². The molecule has 1 atom stereocenters. The zero-order chi connectivity index (χ0) is 17.1. The van der Waals surface area contributed by atoms with Gasteiger partial charge in [0.25, 0.3) is 0 Å². The first-order chi connectivity index (χ1) is 11.6. The smallest absolute Gasteiger partial charge is 0.245 e.